The van der Waals surface area contributed by atoms with E-state index in [0.29, 0.717) is 24.5 Å². The second-order valence-corrected chi connectivity index (χ2v) is 8.60. The summed E-state index contributed by atoms with van der Waals surface area (Å²) in [7, 11) is 3.61. The van der Waals surface area contributed by atoms with Crippen molar-refractivity contribution in [3.8, 4) is 17.0 Å². The molecular weight excluding hydrogens is 418 g/mol. The maximum atomic E-state index is 12.3. The van der Waals surface area contributed by atoms with Crippen molar-refractivity contribution in [2.24, 2.45) is 7.05 Å². The van der Waals surface area contributed by atoms with Crippen LogP contribution in [0, 0.1) is 0 Å². The van der Waals surface area contributed by atoms with Crippen LogP contribution >= 0.6 is 0 Å². The van der Waals surface area contributed by atoms with Crippen LogP contribution in [0.4, 0.5) is 0 Å². The number of nitrogens with one attached hydrogen (secondary N) is 1. The maximum Gasteiger partial charge on any atom is 0.274 e. The van der Waals surface area contributed by atoms with Crippen molar-refractivity contribution >= 4 is 27.7 Å². The van der Waals surface area contributed by atoms with E-state index in [4.69, 9.17) is 4.74 Å². The molecular formula is C25H27N5O3. The van der Waals surface area contributed by atoms with Gasteiger partial charge in [-0.2, -0.15) is 0 Å². The first-order valence-electron chi connectivity index (χ1n) is 11.1. The molecule has 170 valence electrons. The lowest BCUT2D eigenvalue weighted by Crippen LogP contribution is -2.55. The maximum absolute atomic E-state index is 12.3. The van der Waals surface area contributed by atoms with Gasteiger partial charge in [-0.15, -0.1) is 0 Å². The summed E-state index contributed by atoms with van der Waals surface area (Å²) < 4.78 is 7.50. The van der Waals surface area contributed by atoms with Crippen LogP contribution in [0.3, 0.4) is 0 Å². The highest BCUT2D eigenvalue weighted by Gasteiger charge is 2.28. The number of H-pyrrole nitrogens is 1. The number of aromatic nitrogens is 3. The minimum absolute atomic E-state index is 0.0432. The molecule has 5 rings (SSSR count). The van der Waals surface area contributed by atoms with Crippen LogP contribution in [0.5, 0.6) is 5.88 Å². The lowest BCUT2D eigenvalue weighted by atomic mass is 10.0. The molecule has 4 aromatic rings. The quantitative estimate of drug-likeness (QED) is 0.511. The number of fused-ring (bicyclic) bond motifs is 2. The lowest BCUT2D eigenvalue weighted by molar-refractivity contribution is -0.139. The van der Waals surface area contributed by atoms with Crippen molar-refractivity contribution in [2.75, 3.05) is 33.3 Å². The second-order valence-electron chi connectivity index (χ2n) is 8.60. The molecule has 1 aliphatic rings. The summed E-state index contributed by atoms with van der Waals surface area (Å²) in [6, 6.07) is 11.7. The number of pyridine rings is 2. The number of benzene rings is 1. The zero-order chi connectivity index (χ0) is 23.1. The van der Waals surface area contributed by atoms with E-state index >= 15 is 0 Å². The number of hydrogen-bond acceptors (Lipinski definition) is 5. The molecule has 8 nitrogen and oxygen atoms in total. The van der Waals surface area contributed by atoms with Gasteiger partial charge in [0, 0.05) is 68.5 Å². The van der Waals surface area contributed by atoms with Gasteiger partial charge < -0.3 is 19.2 Å². The average Bonchev–Trinajstić information content (AvgIpc) is 3.31. The van der Waals surface area contributed by atoms with Crippen molar-refractivity contribution in [3.05, 3.63) is 59.1 Å². The lowest BCUT2D eigenvalue weighted by Gasteiger charge is -2.37. The number of rotatable bonds is 5. The molecule has 33 heavy (non-hydrogen) atoms. The molecule has 8 heteroatoms. The summed E-state index contributed by atoms with van der Waals surface area (Å²) in [5.41, 5.74) is 3.42. The molecule has 1 fully saturated rings. The Bertz CT molecular complexity index is 1410. The van der Waals surface area contributed by atoms with Gasteiger partial charge in [0.25, 0.3) is 5.56 Å². The minimum atomic E-state index is -0.126. The van der Waals surface area contributed by atoms with E-state index in [9.17, 15) is 9.59 Å². The molecule has 0 spiro atoms. The Kier molecular flexibility index (Phi) is 5.38. The smallest absolute Gasteiger partial charge is 0.274 e. The van der Waals surface area contributed by atoms with Gasteiger partial charge in [0.2, 0.25) is 11.8 Å². The summed E-state index contributed by atoms with van der Waals surface area (Å²) in [6.45, 7) is 4.68. The number of nitrogens with zero attached hydrogens (tertiary/aromatic N) is 4. The van der Waals surface area contributed by atoms with E-state index in [1.165, 1.54) is 0 Å². The van der Waals surface area contributed by atoms with Gasteiger partial charge in [0.1, 0.15) is 12.1 Å². The third-order valence-corrected chi connectivity index (χ3v) is 6.50. The van der Waals surface area contributed by atoms with Gasteiger partial charge >= 0.3 is 0 Å². The van der Waals surface area contributed by atoms with Gasteiger partial charge in [-0.05, 0) is 36.8 Å². The van der Waals surface area contributed by atoms with Crippen LogP contribution < -0.4 is 10.3 Å². The molecule has 1 N–H and O–H groups in total. The Morgan fingerprint density at radius 2 is 1.97 bits per heavy atom. The zero-order valence-corrected chi connectivity index (χ0v) is 19.0. The van der Waals surface area contributed by atoms with Gasteiger partial charge in [0.15, 0.2) is 0 Å². The van der Waals surface area contributed by atoms with Crippen molar-refractivity contribution in [1.82, 2.24) is 24.3 Å². The third-order valence-electron chi connectivity index (χ3n) is 6.50. The second kappa shape index (κ2) is 8.37. The Balaban J connectivity index is 1.33. The van der Waals surface area contributed by atoms with Gasteiger partial charge in [-0.3, -0.25) is 14.5 Å². The molecule has 1 aromatic carbocycles. The average molecular weight is 446 g/mol. The number of piperazine rings is 1. The Labute approximate surface area is 191 Å². The number of carbonyl (C=O) groups excluding carboxylic acids is 1. The first-order valence-corrected chi connectivity index (χ1v) is 11.1. The highest BCUT2D eigenvalue weighted by atomic mass is 16.5. The summed E-state index contributed by atoms with van der Waals surface area (Å²) in [5.74, 6) is 0.717. The number of hydrogen-bond donors (Lipinski definition) is 1. The van der Waals surface area contributed by atoms with Crippen molar-refractivity contribution in [1.29, 1.82) is 0 Å². The molecule has 0 radical (unpaired) electrons. The van der Waals surface area contributed by atoms with Crippen molar-refractivity contribution in [3.63, 3.8) is 0 Å². The van der Waals surface area contributed by atoms with Crippen LogP contribution in [-0.4, -0.2) is 69.6 Å². The molecule has 0 bridgehead atoms. The predicted octanol–water partition coefficient (Wildman–Crippen LogP) is 2.62. The number of aryl methyl sites for hydroxylation is 1. The summed E-state index contributed by atoms with van der Waals surface area (Å²) >= 11 is 0. The standard InChI is InChI=1S/C25H27N5O3/c1-16-24(31)28(2)10-11-30(16)12-13-33-22-7-5-18-14-17(4-6-21(18)27-22)20-15-29(3)25(32)23-19(20)8-9-26-23/h4-9,14-16,26H,10-13H2,1-3H3/t16-/m1/s1. The van der Waals surface area contributed by atoms with E-state index in [1.807, 2.05) is 50.5 Å². The molecule has 3 aromatic heterocycles. The van der Waals surface area contributed by atoms with Crippen LogP contribution in [-0.2, 0) is 11.8 Å². The zero-order valence-electron chi connectivity index (χ0n) is 19.0. The molecule has 1 aliphatic heterocycles. The number of carbonyl (C=O) groups is 1. The van der Waals surface area contributed by atoms with Crippen LogP contribution in [0.15, 0.2) is 53.6 Å². The van der Waals surface area contributed by atoms with Gasteiger partial charge in [-0.25, -0.2) is 4.98 Å². The fourth-order valence-electron chi connectivity index (χ4n) is 4.48. The molecule has 4 heterocycles. The number of ether oxygens (including phenoxy) is 1. The molecule has 0 saturated carbocycles. The summed E-state index contributed by atoms with van der Waals surface area (Å²) in [4.78, 5) is 36.1. The largest absolute Gasteiger partial charge is 0.476 e. The number of amides is 1. The SMILES string of the molecule is C[C@@H]1C(=O)N(C)CCN1CCOc1ccc2cc(-c3cn(C)c(=O)c4[nH]ccc34)ccc2n1. The van der Waals surface area contributed by atoms with E-state index < -0.39 is 0 Å². The van der Waals surface area contributed by atoms with Gasteiger partial charge in [-0.1, -0.05) is 6.07 Å². The molecule has 0 aliphatic carbocycles. The third kappa shape index (κ3) is 3.87. The number of aromatic amines is 1. The molecule has 1 saturated heterocycles. The predicted molar refractivity (Wildman–Crippen MR) is 128 cm³/mol. The topological polar surface area (TPSA) is 83.5 Å². The highest BCUT2D eigenvalue weighted by molar-refractivity contribution is 5.96. The summed E-state index contributed by atoms with van der Waals surface area (Å²) in [5, 5.41) is 1.90. The van der Waals surface area contributed by atoms with E-state index in [1.54, 1.807) is 22.7 Å². The Hall–Kier alpha value is -3.65. The molecule has 1 amide bonds. The Morgan fingerprint density at radius 3 is 2.82 bits per heavy atom. The van der Waals surface area contributed by atoms with Crippen molar-refractivity contribution < 1.29 is 9.53 Å². The van der Waals surface area contributed by atoms with Crippen LogP contribution in [0.25, 0.3) is 32.9 Å². The van der Waals surface area contributed by atoms with Crippen molar-refractivity contribution in [2.45, 2.75) is 13.0 Å². The van der Waals surface area contributed by atoms with E-state index in [0.717, 1.165) is 40.5 Å². The normalized spacial score (nSPS) is 17.2. The fraction of sp³-hybridized carbons (Fsp3) is 0.320. The number of likely N-dealkylation sites (N-methyl/N-ethyl adjacent to an activating group) is 1. The van der Waals surface area contributed by atoms with Crippen LogP contribution in [0.2, 0.25) is 0 Å². The molecule has 0 unspecified atom stereocenters. The van der Waals surface area contributed by atoms with E-state index in [-0.39, 0.29) is 17.5 Å². The van der Waals surface area contributed by atoms with E-state index in [2.05, 4.69) is 20.9 Å². The van der Waals surface area contributed by atoms with Crippen LogP contribution in [0.1, 0.15) is 6.92 Å². The monoisotopic (exact) mass is 445 g/mol. The molecule has 1 atom stereocenters. The minimum Gasteiger partial charge on any atom is -0.476 e. The highest BCUT2D eigenvalue weighted by Crippen LogP contribution is 2.29. The first-order chi connectivity index (χ1) is 15.9. The van der Waals surface area contributed by atoms with Gasteiger partial charge in [0.05, 0.1) is 11.6 Å². The fourth-order valence-corrected chi connectivity index (χ4v) is 4.48. The Morgan fingerprint density at radius 1 is 1.12 bits per heavy atom. The summed E-state index contributed by atoms with van der Waals surface area (Å²) in [6.07, 6.45) is 3.66. The first kappa shape index (κ1) is 21.2.